The zero-order valence-electron chi connectivity index (χ0n) is 12.1. The van der Waals surface area contributed by atoms with Crippen molar-refractivity contribution in [2.75, 3.05) is 17.3 Å². The van der Waals surface area contributed by atoms with Crippen LogP contribution in [-0.2, 0) is 12.0 Å². The molecule has 2 rings (SSSR count). The van der Waals surface area contributed by atoms with E-state index in [0.717, 1.165) is 24.0 Å². The maximum atomic E-state index is 5.92. The van der Waals surface area contributed by atoms with E-state index in [1.165, 1.54) is 17.1 Å². The fourth-order valence-corrected chi connectivity index (χ4v) is 2.88. The van der Waals surface area contributed by atoms with Crippen LogP contribution in [0.4, 0.5) is 5.13 Å². The fraction of sp³-hybridized carbons (Fsp3) is 0.467. The van der Waals surface area contributed by atoms with Crippen molar-refractivity contribution in [3.05, 3.63) is 41.7 Å². The molecule has 5 heteroatoms. The van der Waals surface area contributed by atoms with Crippen LogP contribution in [-0.4, -0.2) is 21.8 Å². The minimum Gasteiger partial charge on any atom is -0.341 e. The number of hydrogen-bond donors (Lipinski definition) is 0. The van der Waals surface area contributed by atoms with Crippen LogP contribution in [0.15, 0.2) is 30.3 Å². The normalized spacial score (nSPS) is 11.6. The third-order valence-corrected chi connectivity index (χ3v) is 3.87. The summed E-state index contributed by atoms with van der Waals surface area (Å²) in [6.45, 7) is 7.97. The highest BCUT2D eigenvalue weighted by atomic mass is 35.5. The Balaban J connectivity index is 2.18. The van der Waals surface area contributed by atoms with Gasteiger partial charge in [-0.3, -0.25) is 0 Å². The van der Waals surface area contributed by atoms with E-state index in [2.05, 4.69) is 59.3 Å². The van der Waals surface area contributed by atoms with Crippen LogP contribution in [0, 0.1) is 0 Å². The largest absolute Gasteiger partial charge is 0.341 e. The number of hydrogen-bond acceptors (Lipinski definition) is 4. The second-order valence-electron chi connectivity index (χ2n) is 5.75. The average molecular weight is 310 g/mol. The first-order valence-electron chi connectivity index (χ1n) is 6.70. The van der Waals surface area contributed by atoms with Gasteiger partial charge in [-0.25, -0.2) is 4.98 Å². The molecule has 1 aromatic carbocycles. The van der Waals surface area contributed by atoms with Gasteiger partial charge in [-0.2, -0.15) is 4.37 Å². The summed E-state index contributed by atoms with van der Waals surface area (Å²) in [4.78, 5) is 6.86. The Morgan fingerprint density at radius 1 is 1.20 bits per heavy atom. The van der Waals surface area contributed by atoms with Crippen LogP contribution < -0.4 is 4.90 Å². The summed E-state index contributed by atoms with van der Waals surface area (Å²) in [5.41, 5.74) is 1.24. The lowest BCUT2D eigenvalue weighted by molar-refractivity contribution is 0.554. The van der Waals surface area contributed by atoms with Gasteiger partial charge in [0.2, 0.25) is 5.13 Å². The molecule has 0 spiro atoms. The molecule has 0 saturated carbocycles. The molecule has 0 unspecified atom stereocenters. The van der Waals surface area contributed by atoms with E-state index in [9.17, 15) is 0 Å². The van der Waals surface area contributed by atoms with E-state index >= 15 is 0 Å². The number of aromatic nitrogens is 2. The van der Waals surface area contributed by atoms with Crippen LogP contribution in [0.3, 0.4) is 0 Å². The third kappa shape index (κ3) is 3.93. The first-order chi connectivity index (χ1) is 9.50. The Labute approximate surface area is 129 Å². The summed E-state index contributed by atoms with van der Waals surface area (Å²) in [6.07, 6.45) is 0. The highest BCUT2D eigenvalue weighted by molar-refractivity contribution is 7.09. The summed E-state index contributed by atoms with van der Waals surface area (Å²) in [5, 5.41) is 0.944. The molecule has 108 valence electrons. The number of benzene rings is 1. The number of halogens is 1. The lowest BCUT2D eigenvalue weighted by atomic mass is 9.96. The Morgan fingerprint density at radius 2 is 1.90 bits per heavy atom. The van der Waals surface area contributed by atoms with Crippen molar-refractivity contribution in [3.63, 3.8) is 0 Å². The molecule has 0 saturated heterocycles. The van der Waals surface area contributed by atoms with Crippen molar-refractivity contribution in [3.8, 4) is 0 Å². The van der Waals surface area contributed by atoms with E-state index < -0.39 is 0 Å². The van der Waals surface area contributed by atoms with Gasteiger partial charge in [0.15, 0.2) is 0 Å². The summed E-state index contributed by atoms with van der Waals surface area (Å²) in [6, 6.07) is 10.4. The summed E-state index contributed by atoms with van der Waals surface area (Å²) in [5.74, 6) is 1.47. The van der Waals surface area contributed by atoms with E-state index in [1.54, 1.807) is 0 Å². The van der Waals surface area contributed by atoms with E-state index in [0.29, 0.717) is 5.88 Å². The molecule has 1 aromatic heterocycles. The van der Waals surface area contributed by atoms with Crippen LogP contribution in [0.5, 0.6) is 0 Å². The maximum absolute atomic E-state index is 5.92. The van der Waals surface area contributed by atoms with Gasteiger partial charge in [0.25, 0.3) is 0 Å². The molecule has 0 aliphatic rings. The number of anilines is 1. The van der Waals surface area contributed by atoms with E-state index in [-0.39, 0.29) is 5.41 Å². The minimum atomic E-state index is -0.0197. The monoisotopic (exact) mass is 309 g/mol. The molecule has 2 aromatic rings. The highest BCUT2D eigenvalue weighted by Crippen LogP contribution is 2.26. The SMILES string of the molecule is CC(C)(C)c1nsc(N(CCCl)Cc2ccccc2)n1. The average Bonchev–Trinajstić information content (AvgIpc) is 2.89. The molecule has 0 amide bonds. The Bertz CT molecular complexity index is 534. The van der Waals surface area contributed by atoms with Crippen molar-refractivity contribution < 1.29 is 0 Å². The van der Waals surface area contributed by atoms with Gasteiger partial charge in [-0.05, 0) is 5.56 Å². The predicted molar refractivity (Wildman–Crippen MR) is 86.8 cm³/mol. The Kier molecular flexibility index (Phi) is 5.00. The molecule has 20 heavy (non-hydrogen) atoms. The number of nitrogens with zero attached hydrogens (tertiary/aromatic N) is 3. The van der Waals surface area contributed by atoms with E-state index in [1.807, 2.05) is 6.07 Å². The number of rotatable bonds is 5. The van der Waals surface area contributed by atoms with Crippen LogP contribution >= 0.6 is 23.1 Å². The molecule has 0 aliphatic carbocycles. The highest BCUT2D eigenvalue weighted by Gasteiger charge is 2.21. The lowest BCUT2D eigenvalue weighted by Gasteiger charge is -2.20. The van der Waals surface area contributed by atoms with Gasteiger partial charge >= 0.3 is 0 Å². The third-order valence-electron chi connectivity index (χ3n) is 2.93. The van der Waals surface area contributed by atoms with Crippen molar-refractivity contribution in [1.82, 2.24) is 9.36 Å². The van der Waals surface area contributed by atoms with Crippen molar-refractivity contribution in [1.29, 1.82) is 0 Å². The van der Waals surface area contributed by atoms with Crippen LogP contribution in [0.2, 0.25) is 0 Å². The standard InChI is InChI=1S/C15H20ClN3S/c1-15(2,3)13-17-14(20-18-13)19(10-9-16)11-12-7-5-4-6-8-12/h4-8H,9-11H2,1-3H3. The smallest absolute Gasteiger partial charge is 0.205 e. The molecule has 3 nitrogen and oxygen atoms in total. The van der Waals surface area contributed by atoms with Crippen molar-refractivity contribution in [2.45, 2.75) is 32.7 Å². The molecule has 0 atom stereocenters. The maximum Gasteiger partial charge on any atom is 0.205 e. The molecular formula is C15H20ClN3S. The lowest BCUT2D eigenvalue weighted by Crippen LogP contribution is -2.25. The molecule has 1 heterocycles. The predicted octanol–water partition coefficient (Wildman–Crippen LogP) is 4.08. The quantitative estimate of drug-likeness (QED) is 0.779. The molecule has 0 N–H and O–H groups in total. The van der Waals surface area contributed by atoms with Gasteiger partial charge in [-0.15, -0.1) is 11.6 Å². The zero-order valence-corrected chi connectivity index (χ0v) is 13.7. The van der Waals surface area contributed by atoms with Gasteiger partial charge < -0.3 is 4.90 Å². The first kappa shape index (κ1) is 15.3. The molecular weight excluding hydrogens is 290 g/mol. The Hall–Kier alpha value is -1.13. The zero-order chi connectivity index (χ0) is 14.6. The second kappa shape index (κ2) is 6.55. The number of alkyl halides is 1. The summed E-state index contributed by atoms with van der Waals surface area (Å²) < 4.78 is 4.48. The summed E-state index contributed by atoms with van der Waals surface area (Å²) >= 11 is 7.37. The molecule has 0 fully saturated rings. The fourth-order valence-electron chi connectivity index (χ4n) is 1.80. The van der Waals surface area contributed by atoms with Crippen LogP contribution in [0.25, 0.3) is 0 Å². The van der Waals surface area contributed by atoms with Gasteiger partial charge in [0, 0.05) is 35.9 Å². The topological polar surface area (TPSA) is 29.0 Å². The second-order valence-corrected chi connectivity index (χ2v) is 6.85. The minimum absolute atomic E-state index is 0.0197. The first-order valence-corrected chi connectivity index (χ1v) is 8.00. The molecule has 0 radical (unpaired) electrons. The summed E-state index contributed by atoms with van der Waals surface area (Å²) in [7, 11) is 0. The van der Waals surface area contributed by atoms with Gasteiger partial charge in [0.05, 0.1) is 0 Å². The van der Waals surface area contributed by atoms with Crippen molar-refractivity contribution in [2.24, 2.45) is 0 Å². The van der Waals surface area contributed by atoms with Crippen LogP contribution in [0.1, 0.15) is 32.2 Å². The molecule has 0 bridgehead atoms. The van der Waals surface area contributed by atoms with Gasteiger partial charge in [-0.1, -0.05) is 51.1 Å². The van der Waals surface area contributed by atoms with Crippen molar-refractivity contribution >= 4 is 28.3 Å². The van der Waals surface area contributed by atoms with E-state index in [4.69, 9.17) is 11.6 Å². The molecule has 0 aliphatic heterocycles. The Morgan fingerprint density at radius 3 is 2.45 bits per heavy atom. The van der Waals surface area contributed by atoms with Gasteiger partial charge in [0.1, 0.15) is 5.82 Å².